The molecule has 0 fully saturated rings. The van der Waals surface area contributed by atoms with Crippen molar-refractivity contribution in [3.63, 3.8) is 0 Å². The standard InChI is InChI=1S/C12H20O3/c1-10(7-8-13)5-4-6-11(2)9-15-12(3)14/h6-7,13H,4-5,8-9H2,1-3H3. The molecule has 15 heavy (non-hydrogen) atoms. The number of ether oxygens (including phenoxy) is 1. The van der Waals surface area contributed by atoms with Crippen LogP contribution in [0.15, 0.2) is 23.3 Å². The normalized spacial score (nSPS) is 12.8. The Balaban J connectivity index is 3.76. The van der Waals surface area contributed by atoms with Crippen LogP contribution in [-0.4, -0.2) is 24.3 Å². The predicted octanol–water partition coefficient (Wildman–Crippen LogP) is 2.21. The first-order valence-electron chi connectivity index (χ1n) is 5.11. The minimum atomic E-state index is -0.251. The average molecular weight is 212 g/mol. The van der Waals surface area contributed by atoms with Gasteiger partial charge >= 0.3 is 5.97 Å². The van der Waals surface area contributed by atoms with Crippen LogP contribution >= 0.6 is 0 Å². The first kappa shape index (κ1) is 13.9. The summed E-state index contributed by atoms with van der Waals surface area (Å²) < 4.78 is 4.85. The number of aliphatic hydroxyl groups is 1. The molecule has 0 heterocycles. The van der Waals surface area contributed by atoms with Crippen molar-refractivity contribution in [2.75, 3.05) is 13.2 Å². The summed E-state index contributed by atoms with van der Waals surface area (Å²) >= 11 is 0. The van der Waals surface area contributed by atoms with E-state index < -0.39 is 0 Å². The molecular weight excluding hydrogens is 192 g/mol. The van der Waals surface area contributed by atoms with Crippen molar-refractivity contribution < 1.29 is 14.6 Å². The molecule has 0 aliphatic rings. The summed E-state index contributed by atoms with van der Waals surface area (Å²) in [4.78, 5) is 10.5. The second-order valence-corrected chi connectivity index (χ2v) is 3.60. The Morgan fingerprint density at radius 2 is 1.87 bits per heavy atom. The van der Waals surface area contributed by atoms with E-state index in [1.54, 1.807) is 6.08 Å². The molecule has 0 aromatic carbocycles. The van der Waals surface area contributed by atoms with Gasteiger partial charge in [0.05, 0.1) is 6.61 Å². The monoisotopic (exact) mass is 212 g/mol. The van der Waals surface area contributed by atoms with E-state index >= 15 is 0 Å². The van der Waals surface area contributed by atoms with Crippen LogP contribution in [0.3, 0.4) is 0 Å². The number of esters is 1. The molecule has 0 unspecified atom stereocenters. The van der Waals surface area contributed by atoms with Gasteiger partial charge in [0.15, 0.2) is 0 Å². The number of hydrogen-bond donors (Lipinski definition) is 1. The zero-order valence-electron chi connectivity index (χ0n) is 9.75. The molecule has 0 aliphatic heterocycles. The van der Waals surface area contributed by atoms with Crippen LogP contribution in [0.5, 0.6) is 0 Å². The van der Waals surface area contributed by atoms with E-state index in [0.29, 0.717) is 6.61 Å². The van der Waals surface area contributed by atoms with Gasteiger partial charge in [-0.2, -0.15) is 0 Å². The molecule has 0 atom stereocenters. The third kappa shape index (κ3) is 9.22. The van der Waals surface area contributed by atoms with Crippen LogP contribution in [0.1, 0.15) is 33.6 Å². The van der Waals surface area contributed by atoms with E-state index in [0.717, 1.165) is 18.4 Å². The molecule has 0 rings (SSSR count). The van der Waals surface area contributed by atoms with E-state index in [4.69, 9.17) is 9.84 Å². The summed E-state index contributed by atoms with van der Waals surface area (Å²) in [6, 6.07) is 0. The Kier molecular flexibility index (Phi) is 7.64. The third-order valence-corrected chi connectivity index (χ3v) is 1.97. The molecule has 0 saturated carbocycles. The van der Waals surface area contributed by atoms with Crippen molar-refractivity contribution in [2.24, 2.45) is 0 Å². The molecule has 0 amide bonds. The summed E-state index contributed by atoms with van der Waals surface area (Å²) in [6.45, 7) is 5.81. The molecule has 0 aromatic rings. The van der Waals surface area contributed by atoms with Gasteiger partial charge in [-0.1, -0.05) is 17.7 Å². The maximum atomic E-state index is 10.5. The minimum Gasteiger partial charge on any atom is -0.461 e. The SMILES string of the molecule is CC(=O)OCC(C)=CCCC(C)=CCO. The van der Waals surface area contributed by atoms with Crippen LogP contribution in [0.4, 0.5) is 0 Å². The molecule has 0 saturated heterocycles. The maximum Gasteiger partial charge on any atom is 0.302 e. The van der Waals surface area contributed by atoms with Crippen LogP contribution in [0.25, 0.3) is 0 Å². The molecule has 0 spiro atoms. The largest absolute Gasteiger partial charge is 0.461 e. The first-order valence-corrected chi connectivity index (χ1v) is 5.11. The topological polar surface area (TPSA) is 46.5 Å². The number of hydrogen-bond acceptors (Lipinski definition) is 3. The Labute approximate surface area is 91.4 Å². The zero-order valence-corrected chi connectivity index (χ0v) is 9.75. The molecule has 3 nitrogen and oxygen atoms in total. The fourth-order valence-electron chi connectivity index (χ4n) is 1.08. The van der Waals surface area contributed by atoms with Crippen molar-refractivity contribution >= 4 is 5.97 Å². The first-order chi connectivity index (χ1) is 7.06. The fraction of sp³-hybridized carbons (Fsp3) is 0.583. The number of allylic oxidation sites excluding steroid dienone is 2. The Morgan fingerprint density at radius 3 is 2.40 bits per heavy atom. The van der Waals surface area contributed by atoms with Gasteiger partial charge in [-0.15, -0.1) is 0 Å². The Morgan fingerprint density at radius 1 is 1.20 bits per heavy atom. The number of carbonyl (C=O) groups is 1. The molecular formula is C12H20O3. The number of rotatable bonds is 6. The summed E-state index contributed by atoms with van der Waals surface area (Å²) in [5.74, 6) is -0.251. The lowest BCUT2D eigenvalue weighted by Crippen LogP contribution is -2.01. The van der Waals surface area contributed by atoms with Crippen LogP contribution < -0.4 is 0 Å². The van der Waals surface area contributed by atoms with Gasteiger partial charge in [-0.25, -0.2) is 0 Å². The predicted molar refractivity (Wildman–Crippen MR) is 60.5 cm³/mol. The minimum absolute atomic E-state index is 0.0992. The van der Waals surface area contributed by atoms with Crippen molar-refractivity contribution in [2.45, 2.75) is 33.6 Å². The van der Waals surface area contributed by atoms with Gasteiger partial charge in [-0.3, -0.25) is 4.79 Å². The van der Waals surface area contributed by atoms with Gasteiger partial charge in [0.25, 0.3) is 0 Å². The summed E-state index contributed by atoms with van der Waals surface area (Å²) in [5, 5.41) is 8.64. The summed E-state index contributed by atoms with van der Waals surface area (Å²) in [5.41, 5.74) is 2.23. The highest BCUT2D eigenvalue weighted by molar-refractivity contribution is 5.66. The molecule has 3 heteroatoms. The summed E-state index contributed by atoms with van der Waals surface area (Å²) in [6.07, 6.45) is 5.69. The lowest BCUT2D eigenvalue weighted by molar-refractivity contribution is -0.139. The van der Waals surface area contributed by atoms with Gasteiger partial charge in [-0.05, 0) is 32.3 Å². The van der Waals surface area contributed by atoms with Crippen LogP contribution in [-0.2, 0) is 9.53 Å². The maximum absolute atomic E-state index is 10.5. The van der Waals surface area contributed by atoms with E-state index in [2.05, 4.69) is 6.08 Å². The van der Waals surface area contributed by atoms with Crippen molar-refractivity contribution in [3.05, 3.63) is 23.3 Å². The second kappa shape index (κ2) is 8.24. The smallest absolute Gasteiger partial charge is 0.302 e. The van der Waals surface area contributed by atoms with E-state index in [1.807, 2.05) is 13.8 Å². The van der Waals surface area contributed by atoms with Crippen LogP contribution in [0.2, 0.25) is 0 Å². The highest BCUT2D eigenvalue weighted by Gasteiger charge is 1.94. The lowest BCUT2D eigenvalue weighted by atomic mass is 10.1. The zero-order chi connectivity index (χ0) is 11.7. The molecule has 0 radical (unpaired) electrons. The molecule has 0 aromatic heterocycles. The fourth-order valence-corrected chi connectivity index (χ4v) is 1.08. The lowest BCUT2D eigenvalue weighted by Gasteiger charge is -2.02. The van der Waals surface area contributed by atoms with Gasteiger partial charge < -0.3 is 9.84 Å². The van der Waals surface area contributed by atoms with Gasteiger partial charge in [0.2, 0.25) is 0 Å². The highest BCUT2D eigenvalue weighted by Crippen LogP contribution is 2.06. The van der Waals surface area contributed by atoms with Crippen molar-refractivity contribution in [3.8, 4) is 0 Å². The Bertz CT molecular complexity index is 252. The average Bonchev–Trinajstić information content (AvgIpc) is 2.15. The van der Waals surface area contributed by atoms with Gasteiger partial charge in [0.1, 0.15) is 6.61 Å². The summed E-state index contributed by atoms with van der Waals surface area (Å²) in [7, 11) is 0. The molecule has 1 N–H and O–H groups in total. The van der Waals surface area contributed by atoms with Crippen LogP contribution in [0, 0.1) is 0 Å². The second-order valence-electron chi connectivity index (χ2n) is 3.60. The van der Waals surface area contributed by atoms with E-state index in [9.17, 15) is 4.79 Å². The molecule has 0 bridgehead atoms. The molecule has 0 aliphatic carbocycles. The Hall–Kier alpha value is -1.09. The van der Waals surface area contributed by atoms with Crippen molar-refractivity contribution in [1.82, 2.24) is 0 Å². The van der Waals surface area contributed by atoms with E-state index in [1.165, 1.54) is 12.5 Å². The quantitative estimate of drug-likeness (QED) is 0.542. The number of carbonyl (C=O) groups excluding carboxylic acids is 1. The van der Waals surface area contributed by atoms with E-state index in [-0.39, 0.29) is 12.6 Å². The highest BCUT2D eigenvalue weighted by atomic mass is 16.5. The van der Waals surface area contributed by atoms with Crippen molar-refractivity contribution in [1.29, 1.82) is 0 Å². The number of aliphatic hydroxyl groups excluding tert-OH is 1. The molecule has 86 valence electrons. The third-order valence-electron chi connectivity index (χ3n) is 1.97. The van der Waals surface area contributed by atoms with Gasteiger partial charge in [0, 0.05) is 6.92 Å².